The third-order valence-corrected chi connectivity index (χ3v) is 4.94. The number of amides is 1. The summed E-state index contributed by atoms with van der Waals surface area (Å²) >= 11 is 0. The number of likely N-dealkylation sites (N-methyl/N-ethyl adjacent to an activating group) is 1. The van der Waals surface area contributed by atoms with Gasteiger partial charge in [-0.05, 0) is 35.0 Å². The van der Waals surface area contributed by atoms with Crippen LogP contribution in [-0.2, 0) is 17.8 Å². The van der Waals surface area contributed by atoms with E-state index in [-0.39, 0.29) is 18.0 Å². The molecule has 0 fully saturated rings. The van der Waals surface area contributed by atoms with Gasteiger partial charge in [-0.2, -0.15) is 0 Å². The van der Waals surface area contributed by atoms with Gasteiger partial charge in [0.1, 0.15) is 18.2 Å². The van der Waals surface area contributed by atoms with Gasteiger partial charge in [-0.1, -0.05) is 42.5 Å². The summed E-state index contributed by atoms with van der Waals surface area (Å²) in [6, 6.07) is 16.2. The Balaban J connectivity index is 1.62. The molecule has 1 N–H and O–H groups in total. The second-order valence-corrected chi connectivity index (χ2v) is 6.88. The maximum atomic E-state index is 13.4. The molecule has 30 heavy (non-hydrogen) atoms. The van der Waals surface area contributed by atoms with Crippen molar-refractivity contribution in [2.24, 2.45) is 0 Å². The molecule has 1 atom stereocenters. The van der Waals surface area contributed by atoms with E-state index in [0.717, 1.165) is 5.56 Å². The fourth-order valence-electron chi connectivity index (χ4n) is 3.39. The summed E-state index contributed by atoms with van der Waals surface area (Å²) in [7, 11) is 0. The average Bonchev–Trinajstić information content (AvgIpc) is 3.31. The van der Waals surface area contributed by atoms with Crippen LogP contribution in [0.2, 0.25) is 0 Å². The van der Waals surface area contributed by atoms with Crippen LogP contribution in [-0.4, -0.2) is 47.5 Å². The van der Waals surface area contributed by atoms with Gasteiger partial charge in [0.25, 0.3) is 5.56 Å². The lowest BCUT2D eigenvalue weighted by molar-refractivity contribution is -0.135. The maximum Gasteiger partial charge on any atom is 0.258 e. The number of hydrogen-bond acceptors (Lipinski definition) is 6. The van der Waals surface area contributed by atoms with Gasteiger partial charge in [0.15, 0.2) is 0 Å². The third-order valence-electron chi connectivity index (χ3n) is 4.94. The van der Waals surface area contributed by atoms with E-state index in [9.17, 15) is 9.59 Å². The van der Waals surface area contributed by atoms with Crippen LogP contribution >= 0.6 is 0 Å². The summed E-state index contributed by atoms with van der Waals surface area (Å²) in [5, 5.41) is 11.8. The van der Waals surface area contributed by atoms with Gasteiger partial charge in [-0.25, -0.2) is 9.67 Å². The molecule has 0 radical (unpaired) electrons. The van der Waals surface area contributed by atoms with Gasteiger partial charge in [-0.15, -0.1) is 5.10 Å². The third kappa shape index (κ3) is 4.09. The fraction of sp³-hybridized carbons (Fsp3) is 0.238. The lowest BCUT2D eigenvalue weighted by Gasteiger charge is -2.25. The zero-order chi connectivity index (χ0) is 20.9. The smallest absolute Gasteiger partial charge is 0.258 e. The van der Waals surface area contributed by atoms with Crippen molar-refractivity contribution in [1.29, 1.82) is 0 Å². The van der Waals surface area contributed by atoms with Crippen molar-refractivity contribution < 1.29 is 4.79 Å². The number of tetrazole rings is 1. The molecule has 1 amide bonds. The predicted octanol–water partition coefficient (Wildman–Crippen LogP) is 1.74. The first kappa shape index (κ1) is 19.4. The van der Waals surface area contributed by atoms with Crippen molar-refractivity contribution in [3.63, 3.8) is 0 Å². The molecule has 0 saturated carbocycles. The first-order valence-electron chi connectivity index (χ1n) is 9.69. The monoisotopic (exact) mass is 403 g/mol. The van der Waals surface area contributed by atoms with Crippen LogP contribution in [0.4, 0.5) is 0 Å². The van der Waals surface area contributed by atoms with Gasteiger partial charge in [0.05, 0.1) is 17.4 Å². The molecule has 0 aliphatic heterocycles. The minimum atomic E-state index is -0.602. The molecule has 0 saturated heterocycles. The molecular weight excluding hydrogens is 382 g/mol. The zero-order valence-electron chi connectivity index (χ0n) is 16.5. The minimum absolute atomic E-state index is 0.149. The molecule has 2 aromatic heterocycles. The topological polar surface area (TPSA) is 110 Å². The number of nitrogens with zero attached hydrogens (tertiary/aromatic N) is 6. The summed E-state index contributed by atoms with van der Waals surface area (Å²) in [4.78, 5) is 34.7. The molecule has 0 spiro atoms. The van der Waals surface area contributed by atoms with Crippen molar-refractivity contribution in [1.82, 2.24) is 35.1 Å². The number of para-hydroxylation sites is 1. The number of hydrogen-bond donors (Lipinski definition) is 1. The Morgan fingerprint density at radius 2 is 1.90 bits per heavy atom. The first-order chi connectivity index (χ1) is 14.7. The largest absolute Gasteiger partial charge is 0.334 e. The number of nitrogens with one attached hydrogen (secondary N) is 1. The number of carbonyl (C=O) groups excluding carboxylic acids is 1. The Bertz CT molecular complexity index is 1190. The molecule has 1 unspecified atom stereocenters. The van der Waals surface area contributed by atoms with Crippen molar-refractivity contribution in [2.75, 3.05) is 6.54 Å². The second kappa shape index (κ2) is 8.64. The quantitative estimate of drug-likeness (QED) is 0.503. The van der Waals surface area contributed by atoms with E-state index in [0.29, 0.717) is 29.7 Å². The molecule has 152 valence electrons. The van der Waals surface area contributed by atoms with Gasteiger partial charge < -0.3 is 9.88 Å². The molecule has 4 aromatic rings. The van der Waals surface area contributed by atoms with Crippen molar-refractivity contribution in [3.8, 4) is 0 Å². The van der Waals surface area contributed by atoms with Crippen LogP contribution in [0.1, 0.15) is 24.4 Å². The number of benzene rings is 2. The average molecular weight is 403 g/mol. The van der Waals surface area contributed by atoms with Crippen molar-refractivity contribution in [3.05, 3.63) is 82.7 Å². The molecule has 9 heteroatoms. The molecule has 4 rings (SSSR count). The molecule has 0 bridgehead atoms. The highest BCUT2D eigenvalue weighted by Gasteiger charge is 2.27. The van der Waals surface area contributed by atoms with E-state index in [2.05, 4.69) is 25.5 Å². The van der Waals surface area contributed by atoms with E-state index < -0.39 is 6.04 Å². The standard InChI is InChI=1S/C21H21N7O2/c1-2-27(13-19-23-17-11-7-6-10-16(17)20(29)24-19)21(30)18(28-14-22-25-26-28)12-15-8-4-3-5-9-15/h3-11,14,18H,2,12-13H2,1H3,(H,23,24,29). The van der Waals surface area contributed by atoms with Crippen LogP contribution in [0.5, 0.6) is 0 Å². The number of rotatable bonds is 7. The first-order valence-corrected chi connectivity index (χ1v) is 9.69. The summed E-state index contributed by atoms with van der Waals surface area (Å²) in [5.41, 5.74) is 1.38. The number of H-pyrrole nitrogens is 1. The number of carbonyl (C=O) groups is 1. The van der Waals surface area contributed by atoms with E-state index in [1.165, 1.54) is 11.0 Å². The van der Waals surface area contributed by atoms with Crippen LogP contribution < -0.4 is 5.56 Å². The highest BCUT2D eigenvalue weighted by atomic mass is 16.2. The van der Waals surface area contributed by atoms with Gasteiger partial charge >= 0.3 is 0 Å². The maximum absolute atomic E-state index is 13.4. The SMILES string of the molecule is CCN(Cc1nc2ccccc2c(=O)[nH]1)C(=O)C(Cc1ccccc1)n1cnnn1. The molecule has 0 aliphatic rings. The molecule has 0 aliphatic carbocycles. The van der Waals surface area contributed by atoms with E-state index >= 15 is 0 Å². The van der Waals surface area contributed by atoms with E-state index in [4.69, 9.17) is 0 Å². The van der Waals surface area contributed by atoms with Crippen LogP contribution in [0.25, 0.3) is 10.9 Å². The van der Waals surface area contributed by atoms with Crippen LogP contribution in [0, 0.1) is 0 Å². The lowest BCUT2D eigenvalue weighted by atomic mass is 10.0. The molecular formula is C21H21N7O2. The Kier molecular flexibility index (Phi) is 5.60. The Labute approximate surface area is 172 Å². The van der Waals surface area contributed by atoms with Crippen LogP contribution in [0.3, 0.4) is 0 Å². The lowest BCUT2D eigenvalue weighted by Crippen LogP contribution is -2.38. The Morgan fingerprint density at radius 3 is 2.63 bits per heavy atom. The summed E-state index contributed by atoms with van der Waals surface area (Å²) in [6.45, 7) is 2.52. The molecule has 2 heterocycles. The number of aromatic amines is 1. The van der Waals surface area contributed by atoms with E-state index in [1.807, 2.05) is 43.3 Å². The zero-order valence-corrected chi connectivity index (χ0v) is 16.5. The van der Waals surface area contributed by atoms with Gasteiger partial charge in [-0.3, -0.25) is 9.59 Å². The summed E-state index contributed by atoms with van der Waals surface area (Å²) in [5.74, 6) is 0.286. The number of aromatic nitrogens is 6. The Hall–Kier alpha value is -3.88. The fourth-order valence-corrected chi connectivity index (χ4v) is 3.39. The Morgan fingerprint density at radius 1 is 1.13 bits per heavy atom. The van der Waals surface area contributed by atoms with E-state index in [1.54, 1.807) is 23.1 Å². The summed E-state index contributed by atoms with van der Waals surface area (Å²) < 4.78 is 1.47. The second-order valence-electron chi connectivity index (χ2n) is 6.88. The molecule has 2 aromatic carbocycles. The van der Waals surface area contributed by atoms with Crippen molar-refractivity contribution >= 4 is 16.8 Å². The predicted molar refractivity (Wildman–Crippen MR) is 110 cm³/mol. The van der Waals surface area contributed by atoms with Crippen LogP contribution in [0.15, 0.2) is 65.7 Å². The number of fused-ring (bicyclic) bond motifs is 1. The minimum Gasteiger partial charge on any atom is -0.334 e. The highest BCUT2D eigenvalue weighted by molar-refractivity contribution is 5.81. The normalized spacial score (nSPS) is 12.0. The van der Waals surface area contributed by atoms with Gasteiger partial charge in [0.2, 0.25) is 5.91 Å². The van der Waals surface area contributed by atoms with Crippen molar-refractivity contribution in [2.45, 2.75) is 25.9 Å². The summed E-state index contributed by atoms with van der Waals surface area (Å²) in [6.07, 6.45) is 1.89. The van der Waals surface area contributed by atoms with Gasteiger partial charge in [0, 0.05) is 13.0 Å². The molecule has 9 nitrogen and oxygen atoms in total. The highest BCUT2D eigenvalue weighted by Crippen LogP contribution is 2.17.